The molecule has 7 nitrogen and oxygen atoms in total. The predicted molar refractivity (Wildman–Crippen MR) is 95.6 cm³/mol. The van der Waals surface area contributed by atoms with Gasteiger partial charge in [-0.15, -0.1) is 0 Å². The number of hydrogen-bond donors (Lipinski definition) is 1. The van der Waals surface area contributed by atoms with Gasteiger partial charge in [-0.3, -0.25) is 19.7 Å². The van der Waals surface area contributed by atoms with E-state index in [1.165, 1.54) is 18.2 Å². The standard InChI is InChI=1S/C17H15BrN2O5/c18-12-4-7-16(8-5-12)25-11-15(21)6-9-17(22)19-13-2-1-3-14(10-13)20(23)24/h1-5,7-8,10H,6,9,11H2,(H,19,22). The van der Waals surface area contributed by atoms with Gasteiger partial charge in [-0.2, -0.15) is 0 Å². The van der Waals surface area contributed by atoms with E-state index in [4.69, 9.17) is 4.74 Å². The van der Waals surface area contributed by atoms with Crippen LogP contribution in [0.4, 0.5) is 11.4 Å². The van der Waals surface area contributed by atoms with Crippen molar-refractivity contribution in [2.24, 2.45) is 0 Å². The molecule has 0 saturated heterocycles. The molecule has 2 aromatic rings. The Morgan fingerprint density at radius 2 is 1.84 bits per heavy atom. The third-order valence-corrected chi connectivity index (χ3v) is 3.71. The van der Waals surface area contributed by atoms with Crippen LogP contribution >= 0.6 is 15.9 Å². The maximum atomic E-state index is 11.8. The predicted octanol–water partition coefficient (Wildman–Crippen LogP) is 3.72. The molecule has 0 unspecified atom stereocenters. The fourth-order valence-corrected chi connectivity index (χ4v) is 2.20. The van der Waals surface area contributed by atoms with Crippen LogP contribution < -0.4 is 10.1 Å². The highest BCUT2D eigenvalue weighted by Crippen LogP contribution is 2.18. The van der Waals surface area contributed by atoms with Gasteiger partial charge in [-0.05, 0) is 30.3 Å². The second-order valence-corrected chi connectivity index (χ2v) is 6.05. The summed E-state index contributed by atoms with van der Waals surface area (Å²) in [5.41, 5.74) is 0.203. The van der Waals surface area contributed by atoms with Gasteiger partial charge in [-0.25, -0.2) is 0 Å². The van der Waals surface area contributed by atoms with Gasteiger partial charge in [0.1, 0.15) is 12.4 Å². The fraction of sp³-hybridized carbons (Fsp3) is 0.176. The Kier molecular flexibility index (Phi) is 6.64. The lowest BCUT2D eigenvalue weighted by atomic mass is 10.2. The molecule has 0 radical (unpaired) electrons. The number of non-ortho nitro benzene ring substituents is 1. The first-order chi connectivity index (χ1) is 11.9. The van der Waals surface area contributed by atoms with Gasteiger partial charge in [0.25, 0.3) is 5.69 Å². The number of nitrogens with zero attached hydrogens (tertiary/aromatic N) is 1. The van der Waals surface area contributed by atoms with E-state index in [1.54, 1.807) is 30.3 Å². The molecule has 0 aliphatic heterocycles. The summed E-state index contributed by atoms with van der Waals surface area (Å²) in [6.07, 6.45) is 0.00249. The molecule has 0 atom stereocenters. The molecule has 1 N–H and O–H groups in total. The topological polar surface area (TPSA) is 98.5 Å². The fourth-order valence-electron chi connectivity index (χ4n) is 1.94. The number of rotatable bonds is 8. The normalized spacial score (nSPS) is 10.1. The zero-order chi connectivity index (χ0) is 18.2. The number of ketones is 1. The van der Waals surface area contributed by atoms with E-state index < -0.39 is 10.8 Å². The molecule has 0 aliphatic carbocycles. The average molecular weight is 407 g/mol. The third-order valence-electron chi connectivity index (χ3n) is 3.19. The maximum absolute atomic E-state index is 11.8. The van der Waals surface area contributed by atoms with Crippen LogP contribution in [0.2, 0.25) is 0 Å². The first kappa shape index (κ1) is 18.6. The van der Waals surface area contributed by atoms with Gasteiger partial charge >= 0.3 is 0 Å². The highest BCUT2D eigenvalue weighted by Gasteiger charge is 2.10. The highest BCUT2D eigenvalue weighted by molar-refractivity contribution is 9.10. The molecule has 2 aromatic carbocycles. The monoisotopic (exact) mass is 406 g/mol. The maximum Gasteiger partial charge on any atom is 0.271 e. The Hall–Kier alpha value is -2.74. The number of carbonyl (C=O) groups is 2. The van der Waals surface area contributed by atoms with Crippen molar-refractivity contribution in [1.29, 1.82) is 0 Å². The number of anilines is 1. The number of benzene rings is 2. The molecule has 8 heteroatoms. The lowest BCUT2D eigenvalue weighted by Gasteiger charge is -2.06. The smallest absolute Gasteiger partial charge is 0.271 e. The van der Waals surface area contributed by atoms with Crippen LogP contribution in [0.5, 0.6) is 5.75 Å². The van der Waals surface area contributed by atoms with E-state index >= 15 is 0 Å². The molecule has 0 spiro atoms. The van der Waals surface area contributed by atoms with Crippen molar-refractivity contribution >= 4 is 39.0 Å². The van der Waals surface area contributed by atoms with Crippen LogP contribution in [-0.2, 0) is 9.59 Å². The Balaban J connectivity index is 1.75. The van der Waals surface area contributed by atoms with E-state index in [0.29, 0.717) is 11.4 Å². The van der Waals surface area contributed by atoms with E-state index in [2.05, 4.69) is 21.2 Å². The summed E-state index contributed by atoms with van der Waals surface area (Å²) in [7, 11) is 0. The number of hydrogen-bond acceptors (Lipinski definition) is 5. The summed E-state index contributed by atoms with van der Waals surface area (Å²) in [6.45, 7) is -0.119. The minimum Gasteiger partial charge on any atom is -0.486 e. The summed E-state index contributed by atoms with van der Waals surface area (Å²) in [4.78, 5) is 33.8. The number of halogens is 1. The van der Waals surface area contributed by atoms with Gasteiger partial charge in [-0.1, -0.05) is 22.0 Å². The first-order valence-electron chi connectivity index (χ1n) is 7.38. The number of nitrogens with one attached hydrogen (secondary N) is 1. The molecule has 0 heterocycles. The molecule has 0 fully saturated rings. The van der Waals surface area contributed by atoms with E-state index in [0.717, 1.165) is 4.47 Å². The summed E-state index contributed by atoms with van der Waals surface area (Å²) < 4.78 is 6.24. The molecule has 1 amide bonds. The zero-order valence-corrected chi connectivity index (χ0v) is 14.7. The molecule has 130 valence electrons. The summed E-state index contributed by atoms with van der Waals surface area (Å²) in [5, 5.41) is 13.2. The Morgan fingerprint density at radius 1 is 1.12 bits per heavy atom. The summed E-state index contributed by atoms with van der Waals surface area (Å²) >= 11 is 3.30. The Morgan fingerprint density at radius 3 is 2.52 bits per heavy atom. The van der Waals surface area contributed by atoms with E-state index in [1.807, 2.05) is 0 Å². The number of nitro benzene ring substituents is 1. The largest absolute Gasteiger partial charge is 0.486 e. The average Bonchev–Trinajstić information content (AvgIpc) is 2.59. The zero-order valence-electron chi connectivity index (χ0n) is 13.1. The summed E-state index contributed by atoms with van der Waals surface area (Å²) in [6, 6.07) is 12.7. The lowest BCUT2D eigenvalue weighted by Crippen LogP contribution is -2.16. The number of ether oxygens (including phenoxy) is 1. The SMILES string of the molecule is O=C(CCC(=O)Nc1cccc([N+](=O)[O-])c1)COc1ccc(Br)cc1. The number of amides is 1. The molecular formula is C17H15BrN2O5. The van der Waals surface area contributed by atoms with Crippen molar-refractivity contribution in [2.75, 3.05) is 11.9 Å². The van der Waals surface area contributed by atoms with Crippen molar-refractivity contribution in [2.45, 2.75) is 12.8 Å². The Labute approximate surface area is 152 Å². The Bertz CT molecular complexity index is 777. The second-order valence-electron chi connectivity index (χ2n) is 5.14. The van der Waals surface area contributed by atoms with Gasteiger partial charge < -0.3 is 10.1 Å². The van der Waals surface area contributed by atoms with Gasteiger partial charge in [0, 0.05) is 35.1 Å². The van der Waals surface area contributed by atoms with E-state index in [-0.39, 0.29) is 30.9 Å². The number of nitro groups is 1. The van der Waals surface area contributed by atoms with Crippen LogP contribution in [0, 0.1) is 10.1 Å². The van der Waals surface area contributed by atoms with Crippen molar-refractivity contribution in [3.8, 4) is 5.75 Å². The van der Waals surface area contributed by atoms with Crippen LogP contribution in [0.25, 0.3) is 0 Å². The molecule has 0 aliphatic rings. The number of carbonyl (C=O) groups excluding carboxylic acids is 2. The van der Waals surface area contributed by atoms with E-state index in [9.17, 15) is 19.7 Å². The highest BCUT2D eigenvalue weighted by atomic mass is 79.9. The lowest BCUT2D eigenvalue weighted by molar-refractivity contribution is -0.384. The van der Waals surface area contributed by atoms with Crippen LogP contribution in [0.1, 0.15) is 12.8 Å². The number of Topliss-reactive ketones (excluding diaryl/α,β-unsaturated/α-hetero) is 1. The minimum absolute atomic E-state index is 0.0226. The molecule has 25 heavy (non-hydrogen) atoms. The van der Waals surface area contributed by atoms with Crippen LogP contribution in [0.3, 0.4) is 0 Å². The van der Waals surface area contributed by atoms with Crippen LogP contribution in [-0.4, -0.2) is 23.2 Å². The molecule has 0 saturated carbocycles. The van der Waals surface area contributed by atoms with Crippen molar-refractivity contribution in [3.05, 3.63) is 63.1 Å². The van der Waals surface area contributed by atoms with Crippen LogP contribution in [0.15, 0.2) is 53.0 Å². The van der Waals surface area contributed by atoms with Gasteiger partial charge in [0.2, 0.25) is 5.91 Å². The second kappa shape index (κ2) is 8.93. The quantitative estimate of drug-likeness (QED) is 0.531. The first-order valence-corrected chi connectivity index (χ1v) is 8.18. The van der Waals surface area contributed by atoms with Crippen molar-refractivity contribution in [3.63, 3.8) is 0 Å². The van der Waals surface area contributed by atoms with Gasteiger partial charge in [0.15, 0.2) is 5.78 Å². The molecule has 0 aromatic heterocycles. The van der Waals surface area contributed by atoms with Gasteiger partial charge in [0.05, 0.1) is 4.92 Å². The third kappa shape index (κ3) is 6.34. The van der Waals surface area contributed by atoms with Crippen molar-refractivity contribution in [1.82, 2.24) is 0 Å². The molecule has 2 rings (SSSR count). The molecular weight excluding hydrogens is 392 g/mol. The minimum atomic E-state index is -0.543. The molecule has 0 bridgehead atoms. The summed E-state index contributed by atoms with van der Waals surface area (Å²) in [5.74, 6) is -0.0350. The van der Waals surface area contributed by atoms with Crippen molar-refractivity contribution < 1.29 is 19.2 Å².